The van der Waals surface area contributed by atoms with Gasteiger partial charge in [0.15, 0.2) is 0 Å². The zero-order valence-electron chi connectivity index (χ0n) is 9.93. The van der Waals surface area contributed by atoms with E-state index in [1.807, 2.05) is 0 Å². The summed E-state index contributed by atoms with van der Waals surface area (Å²) in [5.41, 5.74) is 0.922. The Morgan fingerprint density at radius 3 is 2.76 bits per heavy atom. The first kappa shape index (κ1) is 12.8. The van der Waals surface area contributed by atoms with Crippen LogP contribution in [0.4, 0.5) is 4.39 Å². The molecule has 2 nitrogen and oxygen atoms in total. The highest BCUT2D eigenvalue weighted by Crippen LogP contribution is 2.34. The van der Waals surface area contributed by atoms with Gasteiger partial charge >= 0.3 is 0 Å². The molecule has 1 aliphatic carbocycles. The van der Waals surface area contributed by atoms with Crippen LogP contribution in [0.25, 0.3) is 0 Å². The Balaban J connectivity index is 1.85. The van der Waals surface area contributed by atoms with Crippen molar-refractivity contribution in [1.82, 2.24) is 5.32 Å². The van der Waals surface area contributed by atoms with Crippen molar-refractivity contribution in [3.63, 3.8) is 0 Å². The molecule has 0 radical (unpaired) electrons. The van der Waals surface area contributed by atoms with Crippen molar-refractivity contribution in [2.45, 2.75) is 31.4 Å². The van der Waals surface area contributed by atoms with E-state index >= 15 is 0 Å². The molecule has 1 aromatic carbocycles. The monoisotopic (exact) mass is 257 g/mol. The van der Waals surface area contributed by atoms with Gasteiger partial charge in [-0.1, -0.05) is 17.7 Å². The van der Waals surface area contributed by atoms with Crippen LogP contribution in [-0.2, 0) is 11.3 Å². The maximum absolute atomic E-state index is 12.9. The Labute approximate surface area is 106 Å². The third kappa shape index (κ3) is 2.97. The second-order valence-electron chi connectivity index (χ2n) is 4.58. The quantitative estimate of drug-likeness (QED) is 0.875. The summed E-state index contributed by atoms with van der Waals surface area (Å²) in [6, 6.07) is 4.48. The van der Waals surface area contributed by atoms with E-state index in [9.17, 15) is 4.39 Å². The molecular weight excluding hydrogens is 241 g/mol. The van der Waals surface area contributed by atoms with Crippen LogP contribution in [0, 0.1) is 5.82 Å². The van der Waals surface area contributed by atoms with Crippen molar-refractivity contribution < 1.29 is 9.13 Å². The van der Waals surface area contributed by atoms with Gasteiger partial charge in [0.2, 0.25) is 0 Å². The normalized spacial score (nSPS) is 17.8. The van der Waals surface area contributed by atoms with Crippen LogP contribution < -0.4 is 5.32 Å². The molecule has 0 amide bonds. The summed E-state index contributed by atoms with van der Waals surface area (Å²) in [7, 11) is 1.76. The van der Waals surface area contributed by atoms with Gasteiger partial charge in [0.05, 0.1) is 5.60 Å². The molecule has 0 atom stereocenters. The lowest BCUT2D eigenvalue weighted by molar-refractivity contribution is -0.0695. The number of halogens is 2. The minimum Gasteiger partial charge on any atom is -0.377 e. The Bertz CT molecular complexity index is 387. The molecule has 0 bridgehead atoms. The number of ether oxygens (including phenoxy) is 1. The minimum atomic E-state index is -0.300. The summed E-state index contributed by atoms with van der Waals surface area (Å²) in [6.07, 6.45) is 3.44. The van der Waals surface area contributed by atoms with Crippen LogP contribution in [0.5, 0.6) is 0 Å². The minimum absolute atomic E-state index is 0.00645. The molecule has 0 heterocycles. The third-order valence-electron chi connectivity index (χ3n) is 3.48. The second kappa shape index (κ2) is 5.34. The third-order valence-corrected chi connectivity index (χ3v) is 3.83. The Morgan fingerprint density at radius 1 is 1.47 bits per heavy atom. The highest BCUT2D eigenvalue weighted by Gasteiger charge is 2.36. The van der Waals surface area contributed by atoms with Gasteiger partial charge in [0, 0.05) is 25.2 Å². The molecule has 2 rings (SSSR count). The molecule has 0 aromatic heterocycles. The topological polar surface area (TPSA) is 21.3 Å². The van der Waals surface area contributed by atoms with Crippen LogP contribution in [0.2, 0.25) is 5.02 Å². The first-order chi connectivity index (χ1) is 8.15. The molecule has 0 aliphatic heterocycles. The first-order valence-corrected chi connectivity index (χ1v) is 6.23. The van der Waals surface area contributed by atoms with E-state index < -0.39 is 0 Å². The standard InChI is InChI=1S/C13H17ClFNO/c1-17-13(5-2-6-13)9-16-8-10-3-4-11(15)7-12(10)14/h3-4,7,16H,2,5-6,8-9H2,1H3. The fourth-order valence-electron chi connectivity index (χ4n) is 2.11. The van der Waals surface area contributed by atoms with Crippen molar-refractivity contribution in [2.24, 2.45) is 0 Å². The highest BCUT2D eigenvalue weighted by atomic mass is 35.5. The van der Waals surface area contributed by atoms with Gasteiger partial charge in [-0.15, -0.1) is 0 Å². The molecule has 1 fully saturated rings. The summed E-state index contributed by atoms with van der Waals surface area (Å²) in [5.74, 6) is -0.300. The van der Waals surface area contributed by atoms with Gasteiger partial charge in [-0.25, -0.2) is 4.39 Å². The molecule has 4 heteroatoms. The van der Waals surface area contributed by atoms with E-state index in [4.69, 9.17) is 16.3 Å². The van der Waals surface area contributed by atoms with Gasteiger partial charge in [-0.05, 0) is 37.0 Å². The van der Waals surface area contributed by atoms with Crippen LogP contribution in [0.15, 0.2) is 18.2 Å². The van der Waals surface area contributed by atoms with E-state index in [1.165, 1.54) is 18.6 Å². The van der Waals surface area contributed by atoms with Gasteiger partial charge in [-0.3, -0.25) is 0 Å². The predicted octanol–water partition coefficient (Wildman–Crippen LogP) is 3.14. The molecule has 1 saturated carbocycles. The van der Waals surface area contributed by atoms with Crippen LogP contribution in [0.1, 0.15) is 24.8 Å². The summed E-state index contributed by atoms with van der Waals surface area (Å²) in [6.45, 7) is 1.46. The zero-order valence-corrected chi connectivity index (χ0v) is 10.7. The number of rotatable bonds is 5. The average Bonchev–Trinajstić information content (AvgIpc) is 2.25. The van der Waals surface area contributed by atoms with Crippen molar-refractivity contribution in [1.29, 1.82) is 0 Å². The average molecular weight is 258 g/mol. The fourth-order valence-corrected chi connectivity index (χ4v) is 2.35. The zero-order chi connectivity index (χ0) is 12.3. The number of nitrogens with one attached hydrogen (secondary N) is 1. The van der Waals surface area contributed by atoms with Gasteiger partial charge in [0.1, 0.15) is 5.82 Å². The molecule has 1 aliphatic rings. The Hall–Kier alpha value is -0.640. The maximum Gasteiger partial charge on any atom is 0.124 e. The molecule has 0 spiro atoms. The molecule has 94 valence electrons. The van der Waals surface area contributed by atoms with Crippen molar-refractivity contribution in [3.05, 3.63) is 34.6 Å². The molecule has 1 aromatic rings. The van der Waals surface area contributed by atoms with Gasteiger partial charge in [-0.2, -0.15) is 0 Å². The predicted molar refractivity (Wildman–Crippen MR) is 66.7 cm³/mol. The number of benzene rings is 1. The summed E-state index contributed by atoms with van der Waals surface area (Å²) >= 11 is 5.95. The van der Waals surface area contributed by atoms with Gasteiger partial charge in [0.25, 0.3) is 0 Å². The van der Waals surface area contributed by atoms with Crippen molar-refractivity contribution >= 4 is 11.6 Å². The number of hydrogen-bond donors (Lipinski definition) is 1. The summed E-state index contributed by atoms with van der Waals surface area (Å²) < 4.78 is 18.4. The number of methoxy groups -OCH3 is 1. The van der Waals surface area contributed by atoms with E-state index in [0.29, 0.717) is 11.6 Å². The maximum atomic E-state index is 12.9. The van der Waals surface area contributed by atoms with E-state index in [0.717, 1.165) is 24.9 Å². The van der Waals surface area contributed by atoms with Crippen LogP contribution in [-0.4, -0.2) is 19.3 Å². The van der Waals surface area contributed by atoms with E-state index in [-0.39, 0.29) is 11.4 Å². The van der Waals surface area contributed by atoms with E-state index in [2.05, 4.69) is 5.32 Å². The fraction of sp³-hybridized carbons (Fsp3) is 0.538. The SMILES string of the molecule is COC1(CNCc2ccc(F)cc2Cl)CCC1. The molecular formula is C13H17ClFNO. The highest BCUT2D eigenvalue weighted by molar-refractivity contribution is 6.31. The molecule has 17 heavy (non-hydrogen) atoms. The largest absolute Gasteiger partial charge is 0.377 e. The van der Waals surface area contributed by atoms with Gasteiger partial charge < -0.3 is 10.1 Å². The lowest BCUT2D eigenvalue weighted by atomic mass is 9.80. The molecule has 0 unspecified atom stereocenters. The molecule has 0 saturated heterocycles. The smallest absolute Gasteiger partial charge is 0.124 e. The second-order valence-corrected chi connectivity index (χ2v) is 4.99. The lowest BCUT2D eigenvalue weighted by Crippen LogP contribution is -2.47. The van der Waals surface area contributed by atoms with Crippen molar-refractivity contribution in [3.8, 4) is 0 Å². The van der Waals surface area contributed by atoms with E-state index in [1.54, 1.807) is 13.2 Å². The summed E-state index contributed by atoms with van der Waals surface area (Å²) in [4.78, 5) is 0. The van der Waals surface area contributed by atoms with Crippen LogP contribution in [0.3, 0.4) is 0 Å². The molecule has 1 N–H and O–H groups in total. The Morgan fingerprint density at radius 2 is 2.24 bits per heavy atom. The lowest BCUT2D eigenvalue weighted by Gasteiger charge is -2.40. The van der Waals surface area contributed by atoms with Crippen molar-refractivity contribution in [2.75, 3.05) is 13.7 Å². The van der Waals surface area contributed by atoms with Crippen LogP contribution >= 0.6 is 11.6 Å². The number of hydrogen-bond acceptors (Lipinski definition) is 2. The Kier molecular flexibility index (Phi) is 4.02. The summed E-state index contributed by atoms with van der Waals surface area (Å²) in [5, 5.41) is 3.79. The first-order valence-electron chi connectivity index (χ1n) is 5.85.